The first kappa shape index (κ1) is 16.3. The smallest absolute Gasteiger partial charge is 0.131 e. The number of rotatable bonds is 1. The van der Waals surface area contributed by atoms with Crippen molar-refractivity contribution in [2.45, 2.75) is 26.7 Å². The van der Waals surface area contributed by atoms with Crippen LogP contribution in [0.4, 0.5) is 0 Å². The molecule has 0 amide bonds. The van der Waals surface area contributed by atoms with Crippen LogP contribution in [-0.4, -0.2) is 0 Å². The number of ether oxygens (including phenoxy) is 1. The van der Waals surface area contributed by atoms with Gasteiger partial charge in [0.1, 0.15) is 11.5 Å². The predicted molar refractivity (Wildman–Crippen MR) is 101 cm³/mol. The normalized spacial score (nSPS) is 12.5. The summed E-state index contributed by atoms with van der Waals surface area (Å²) in [6.45, 7) is 6.50. The van der Waals surface area contributed by atoms with Gasteiger partial charge in [-0.1, -0.05) is 87.5 Å². The van der Waals surface area contributed by atoms with Crippen LogP contribution in [-0.2, 0) is 0 Å². The number of hydrogen-bond acceptors (Lipinski definition) is 1. The zero-order valence-electron chi connectivity index (χ0n) is 14.6. The lowest BCUT2D eigenvalue weighted by molar-refractivity contribution is 0.453. The van der Waals surface area contributed by atoms with Crippen LogP contribution in [0, 0.1) is 5.92 Å². The van der Waals surface area contributed by atoms with Gasteiger partial charge in [-0.2, -0.15) is 0 Å². The van der Waals surface area contributed by atoms with Gasteiger partial charge in [0.2, 0.25) is 0 Å². The van der Waals surface area contributed by atoms with Crippen LogP contribution in [0.25, 0.3) is 0 Å². The Kier molecular flexibility index (Phi) is 5.00. The molecule has 0 saturated carbocycles. The molecule has 0 saturated heterocycles. The average Bonchev–Trinajstić information content (AvgIpc) is 2.60. The second-order valence-corrected chi connectivity index (χ2v) is 6.75. The SMILES string of the molecule is CC(C)C.c1ccc(C2c3ccccc3Oc3ccccc32)cc1. The fraction of sp³-hybridized carbons (Fsp3) is 0.217. The predicted octanol–water partition coefficient (Wildman–Crippen LogP) is 6.63. The minimum atomic E-state index is 0.248. The van der Waals surface area contributed by atoms with Crippen molar-refractivity contribution in [3.05, 3.63) is 95.6 Å². The Morgan fingerprint density at radius 1 is 0.625 bits per heavy atom. The average molecular weight is 316 g/mol. The molecule has 1 aliphatic heterocycles. The third-order valence-corrected chi connectivity index (χ3v) is 3.81. The molecule has 1 aliphatic rings. The lowest BCUT2D eigenvalue weighted by Gasteiger charge is -2.28. The van der Waals surface area contributed by atoms with Gasteiger partial charge in [-0.15, -0.1) is 0 Å². The monoisotopic (exact) mass is 316 g/mol. The molecular formula is C23H24O. The molecule has 0 unspecified atom stereocenters. The first-order chi connectivity index (χ1) is 11.7. The van der Waals surface area contributed by atoms with Gasteiger partial charge in [0.05, 0.1) is 0 Å². The summed E-state index contributed by atoms with van der Waals surface area (Å²) < 4.78 is 6.03. The molecule has 0 spiro atoms. The first-order valence-electron chi connectivity index (χ1n) is 8.57. The summed E-state index contributed by atoms with van der Waals surface area (Å²) in [5, 5.41) is 0. The van der Waals surface area contributed by atoms with Crippen molar-refractivity contribution < 1.29 is 4.74 Å². The molecule has 0 bridgehead atoms. The lowest BCUT2D eigenvalue weighted by atomic mass is 9.83. The molecule has 0 N–H and O–H groups in total. The molecule has 0 atom stereocenters. The Bertz CT molecular complexity index is 742. The molecule has 0 radical (unpaired) electrons. The van der Waals surface area contributed by atoms with Gasteiger partial charge in [0, 0.05) is 17.0 Å². The third kappa shape index (κ3) is 3.51. The lowest BCUT2D eigenvalue weighted by Crippen LogP contribution is -2.11. The van der Waals surface area contributed by atoms with E-state index in [2.05, 4.69) is 75.4 Å². The van der Waals surface area contributed by atoms with Gasteiger partial charge in [-0.3, -0.25) is 0 Å². The van der Waals surface area contributed by atoms with Crippen LogP contribution in [0.15, 0.2) is 78.9 Å². The summed E-state index contributed by atoms with van der Waals surface area (Å²) in [6, 6.07) is 27.2. The van der Waals surface area contributed by atoms with E-state index in [1.165, 1.54) is 16.7 Å². The van der Waals surface area contributed by atoms with Crippen molar-refractivity contribution in [3.63, 3.8) is 0 Å². The Morgan fingerprint density at radius 3 is 1.54 bits per heavy atom. The Morgan fingerprint density at radius 2 is 1.04 bits per heavy atom. The summed E-state index contributed by atoms with van der Waals surface area (Å²) in [6.07, 6.45) is 0. The summed E-state index contributed by atoms with van der Waals surface area (Å²) in [5.41, 5.74) is 3.77. The van der Waals surface area contributed by atoms with Gasteiger partial charge in [0.15, 0.2) is 0 Å². The topological polar surface area (TPSA) is 9.23 Å². The zero-order valence-corrected chi connectivity index (χ0v) is 14.6. The second kappa shape index (κ2) is 7.35. The molecule has 0 aromatic heterocycles. The Hall–Kier alpha value is -2.54. The molecule has 122 valence electrons. The van der Waals surface area contributed by atoms with E-state index in [0.717, 1.165) is 17.4 Å². The van der Waals surface area contributed by atoms with E-state index in [9.17, 15) is 0 Å². The standard InChI is InChI=1S/C19H14O.C4H10/c1-2-8-14(9-3-1)19-15-10-4-6-12-17(15)20-18-13-7-5-11-16(18)19;1-4(2)3/h1-13,19H;4H,1-3H3. The van der Waals surface area contributed by atoms with Gasteiger partial charge in [-0.05, 0) is 23.6 Å². The molecule has 1 heterocycles. The molecule has 1 nitrogen and oxygen atoms in total. The summed E-state index contributed by atoms with van der Waals surface area (Å²) in [5.74, 6) is 3.00. The molecule has 3 aromatic rings. The van der Waals surface area contributed by atoms with Gasteiger partial charge in [-0.25, -0.2) is 0 Å². The van der Waals surface area contributed by atoms with Crippen LogP contribution >= 0.6 is 0 Å². The van der Waals surface area contributed by atoms with E-state index in [4.69, 9.17) is 4.74 Å². The Balaban J connectivity index is 0.000000383. The summed E-state index contributed by atoms with van der Waals surface area (Å²) in [7, 11) is 0. The van der Waals surface area contributed by atoms with E-state index in [0.29, 0.717) is 0 Å². The van der Waals surface area contributed by atoms with Crippen molar-refractivity contribution in [1.29, 1.82) is 0 Å². The summed E-state index contributed by atoms with van der Waals surface area (Å²) >= 11 is 0. The van der Waals surface area contributed by atoms with Crippen molar-refractivity contribution in [2.24, 2.45) is 5.92 Å². The number of hydrogen-bond donors (Lipinski definition) is 0. The van der Waals surface area contributed by atoms with E-state index in [1.807, 2.05) is 24.3 Å². The van der Waals surface area contributed by atoms with Crippen molar-refractivity contribution >= 4 is 0 Å². The second-order valence-electron chi connectivity index (χ2n) is 6.75. The van der Waals surface area contributed by atoms with Crippen molar-refractivity contribution in [3.8, 4) is 11.5 Å². The highest BCUT2D eigenvalue weighted by Gasteiger charge is 2.27. The van der Waals surface area contributed by atoms with E-state index >= 15 is 0 Å². The van der Waals surface area contributed by atoms with Crippen molar-refractivity contribution in [1.82, 2.24) is 0 Å². The zero-order chi connectivity index (χ0) is 16.9. The molecule has 4 rings (SSSR count). The molecule has 0 fully saturated rings. The van der Waals surface area contributed by atoms with Crippen LogP contribution in [0.2, 0.25) is 0 Å². The van der Waals surface area contributed by atoms with Gasteiger partial charge >= 0.3 is 0 Å². The first-order valence-corrected chi connectivity index (χ1v) is 8.57. The highest BCUT2D eigenvalue weighted by molar-refractivity contribution is 5.57. The van der Waals surface area contributed by atoms with E-state index in [-0.39, 0.29) is 5.92 Å². The van der Waals surface area contributed by atoms with E-state index < -0.39 is 0 Å². The molecule has 24 heavy (non-hydrogen) atoms. The third-order valence-electron chi connectivity index (χ3n) is 3.81. The molecule has 3 aromatic carbocycles. The van der Waals surface area contributed by atoms with Gasteiger partial charge in [0.25, 0.3) is 0 Å². The van der Waals surface area contributed by atoms with Gasteiger partial charge < -0.3 is 4.74 Å². The number of benzene rings is 3. The number of para-hydroxylation sites is 2. The quantitative estimate of drug-likeness (QED) is 0.383. The van der Waals surface area contributed by atoms with Crippen LogP contribution in [0.3, 0.4) is 0 Å². The fourth-order valence-electron chi connectivity index (χ4n) is 2.91. The minimum absolute atomic E-state index is 0.248. The number of fused-ring (bicyclic) bond motifs is 2. The molecule has 0 aliphatic carbocycles. The molecular weight excluding hydrogens is 292 g/mol. The van der Waals surface area contributed by atoms with Crippen LogP contribution in [0.1, 0.15) is 43.4 Å². The minimum Gasteiger partial charge on any atom is -0.457 e. The Labute approximate surface area is 144 Å². The van der Waals surface area contributed by atoms with Crippen LogP contribution in [0.5, 0.6) is 11.5 Å². The fourth-order valence-corrected chi connectivity index (χ4v) is 2.91. The maximum atomic E-state index is 6.03. The van der Waals surface area contributed by atoms with Crippen molar-refractivity contribution in [2.75, 3.05) is 0 Å². The maximum absolute atomic E-state index is 6.03. The van der Waals surface area contributed by atoms with Crippen LogP contribution < -0.4 is 4.74 Å². The largest absolute Gasteiger partial charge is 0.457 e. The summed E-state index contributed by atoms with van der Waals surface area (Å²) in [4.78, 5) is 0. The highest BCUT2D eigenvalue weighted by Crippen LogP contribution is 2.46. The van der Waals surface area contributed by atoms with E-state index in [1.54, 1.807) is 0 Å². The highest BCUT2D eigenvalue weighted by atomic mass is 16.5. The molecule has 1 heteroatoms. The maximum Gasteiger partial charge on any atom is 0.131 e.